The molecular weight excluding hydrogens is 268 g/mol. The van der Waals surface area contributed by atoms with Gasteiger partial charge in [-0.2, -0.15) is 0 Å². The summed E-state index contributed by atoms with van der Waals surface area (Å²) in [4.78, 5) is 20.4. The zero-order valence-corrected chi connectivity index (χ0v) is 12.3. The minimum absolute atomic E-state index is 0.126. The fraction of sp³-hybridized carbons (Fsp3) is 0.267. The summed E-state index contributed by atoms with van der Waals surface area (Å²) in [6.45, 7) is 4.15. The Morgan fingerprint density at radius 1 is 1.33 bits per heavy atom. The molecule has 0 aliphatic carbocycles. The number of nitrogens with zero attached hydrogens (tertiary/aromatic N) is 2. The third kappa shape index (κ3) is 2.94. The molecule has 21 heavy (non-hydrogen) atoms. The van der Waals surface area contributed by atoms with Gasteiger partial charge in [0.05, 0.1) is 23.6 Å². The first-order valence-electron chi connectivity index (χ1n) is 6.66. The van der Waals surface area contributed by atoms with Gasteiger partial charge < -0.3 is 15.8 Å². The van der Waals surface area contributed by atoms with Crippen LogP contribution in [-0.2, 0) is 0 Å². The molecule has 0 aliphatic rings. The molecule has 1 heterocycles. The molecule has 3 N–H and O–H groups in total. The molecular formula is C15H18N4O2. The van der Waals surface area contributed by atoms with Crippen molar-refractivity contribution in [2.45, 2.75) is 13.8 Å². The summed E-state index contributed by atoms with van der Waals surface area (Å²) >= 11 is 0. The van der Waals surface area contributed by atoms with Gasteiger partial charge in [0.2, 0.25) is 5.95 Å². The molecule has 0 unspecified atom stereocenters. The first kappa shape index (κ1) is 14.8. The van der Waals surface area contributed by atoms with Crippen molar-refractivity contribution in [3.05, 3.63) is 35.5 Å². The van der Waals surface area contributed by atoms with Crippen LogP contribution in [0.4, 0.5) is 5.95 Å². The van der Waals surface area contributed by atoms with Crippen LogP contribution in [0.25, 0.3) is 11.3 Å². The van der Waals surface area contributed by atoms with Crippen molar-refractivity contribution in [1.29, 1.82) is 0 Å². The van der Waals surface area contributed by atoms with Crippen molar-refractivity contribution in [3.8, 4) is 17.0 Å². The minimum atomic E-state index is -0.256. The first-order chi connectivity index (χ1) is 10.1. The van der Waals surface area contributed by atoms with Gasteiger partial charge in [0, 0.05) is 12.6 Å². The Labute approximate surface area is 123 Å². The Kier molecular flexibility index (Phi) is 4.37. The Hall–Kier alpha value is -2.63. The lowest BCUT2D eigenvalue weighted by Crippen LogP contribution is -2.22. The number of ether oxygens (including phenoxy) is 1. The number of nitrogen functional groups attached to an aromatic ring is 1. The van der Waals surface area contributed by atoms with Crippen LogP contribution in [0.15, 0.2) is 24.3 Å². The maximum atomic E-state index is 12.1. The lowest BCUT2D eigenvalue weighted by atomic mass is 10.0. The number of nitrogens with two attached hydrogens (primary N) is 1. The van der Waals surface area contributed by atoms with Crippen molar-refractivity contribution in [2.75, 3.05) is 19.4 Å². The van der Waals surface area contributed by atoms with E-state index in [1.165, 1.54) is 0 Å². The van der Waals surface area contributed by atoms with E-state index in [2.05, 4.69) is 15.3 Å². The van der Waals surface area contributed by atoms with Crippen molar-refractivity contribution in [2.24, 2.45) is 0 Å². The van der Waals surface area contributed by atoms with Gasteiger partial charge in [0.1, 0.15) is 5.75 Å². The predicted octanol–water partition coefficient (Wildman–Crippen LogP) is 1.79. The summed E-state index contributed by atoms with van der Waals surface area (Å²) in [6.07, 6.45) is 0. The average Bonchev–Trinajstić information content (AvgIpc) is 2.46. The lowest BCUT2D eigenvalue weighted by molar-refractivity contribution is 0.0962. The van der Waals surface area contributed by atoms with Crippen LogP contribution in [0.1, 0.15) is 23.0 Å². The van der Waals surface area contributed by atoms with E-state index in [0.29, 0.717) is 29.3 Å². The predicted molar refractivity (Wildman–Crippen MR) is 81.2 cm³/mol. The highest BCUT2D eigenvalue weighted by Gasteiger charge is 2.20. The topological polar surface area (TPSA) is 90.1 Å². The molecule has 0 saturated carbocycles. The average molecular weight is 286 g/mol. The third-order valence-electron chi connectivity index (χ3n) is 3.00. The van der Waals surface area contributed by atoms with Gasteiger partial charge in [-0.3, -0.25) is 4.79 Å². The van der Waals surface area contributed by atoms with E-state index in [0.717, 1.165) is 5.56 Å². The zero-order valence-electron chi connectivity index (χ0n) is 12.3. The second-order valence-electron chi connectivity index (χ2n) is 4.40. The quantitative estimate of drug-likeness (QED) is 0.894. The molecule has 6 heteroatoms. The molecule has 0 fully saturated rings. The van der Waals surface area contributed by atoms with Crippen LogP contribution in [0.3, 0.4) is 0 Å². The summed E-state index contributed by atoms with van der Waals surface area (Å²) in [5.41, 5.74) is 7.86. The van der Waals surface area contributed by atoms with Crippen molar-refractivity contribution < 1.29 is 9.53 Å². The standard InChI is InChI=1S/C15H18N4O2/c1-4-21-11-8-6-5-7-10(11)13-12(14(20)17-3)9(2)18-15(16)19-13/h5-8H,4H2,1-3H3,(H,17,20)(H2,16,18,19). The monoisotopic (exact) mass is 286 g/mol. The minimum Gasteiger partial charge on any atom is -0.493 e. The van der Waals surface area contributed by atoms with Crippen LogP contribution in [0.2, 0.25) is 0 Å². The van der Waals surface area contributed by atoms with E-state index < -0.39 is 0 Å². The molecule has 6 nitrogen and oxygen atoms in total. The summed E-state index contributed by atoms with van der Waals surface area (Å²) in [7, 11) is 1.57. The van der Waals surface area contributed by atoms with Crippen molar-refractivity contribution in [1.82, 2.24) is 15.3 Å². The third-order valence-corrected chi connectivity index (χ3v) is 3.00. The van der Waals surface area contributed by atoms with E-state index in [-0.39, 0.29) is 11.9 Å². The highest BCUT2D eigenvalue weighted by molar-refractivity contribution is 6.01. The normalized spacial score (nSPS) is 10.2. The summed E-state index contributed by atoms with van der Waals surface area (Å²) in [5.74, 6) is 0.526. The highest BCUT2D eigenvalue weighted by atomic mass is 16.5. The van der Waals surface area contributed by atoms with Crippen molar-refractivity contribution in [3.63, 3.8) is 0 Å². The second kappa shape index (κ2) is 6.21. The molecule has 2 rings (SSSR count). The highest BCUT2D eigenvalue weighted by Crippen LogP contribution is 2.32. The number of hydrogen-bond acceptors (Lipinski definition) is 5. The number of benzene rings is 1. The van der Waals surface area contributed by atoms with Gasteiger partial charge in [-0.1, -0.05) is 12.1 Å². The van der Waals surface area contributed by atoms with Gasteiger partial charge in [0.15, 0.2) is 0 Å². The first-order valence-corrected chi connectivity index (χ1v) is 6.66. The maximum Gasteiger partial charge on any atom is 0.255 e. The Bertz CT molecular complexity index is 671. The van der Waals surface area contributed by atoms with E-state index in [1.807, 2.05) is 31.2 Å². The van der Waals surface area contributed by atoms with Gasteiger partial charge >= 0.3 is 0 Å². The van der Waals surface area contributed by atoms with Crippen LogP contribution >= 0.6 is 0 Å². The van der Waals surface area contributed by atoms with Crippen LogP contribution < -0.4 is 15.8 Å². The molecule has 0 atom stereocenters. The van der Waals surface area contributed by atoms with Gasteiger partial charge in [-0.15, -0.1) is 0 Å². The molecule has 0 radical (unpaired) electrons. The van der Waals surface area contributed by atoms with Crippen LogP contribution in [0.5, 0.6) is 5.75 Å². The molecule has 1 amide bonds. The fourth-order valence-electron chi connectivity index (χ4n) is 2.13. The number of para-hydroxylation sites is 1. The number of amides is 1. The van der Waals surface area contributed by atoms with Gasteiger partial charge in [-0.25, -0.2) is 9.97 Å². The summed E-state index contributed by atoms with van der Waals surface area (Å²) < 4.78 is 5.61. The molecule has 0 aliphatic heterocycles. The number of nitrogens with one attached hydrogen (secondary N) is 1. The van der Waals surface area contributed by atoms with Gasteiger partial charge in [0.25, 0.3) is 5.91 Å². The summed E-state index contributed by atoms with van der Waals surface area (Å²) in [5, 5.41) is 2.60. The molecule has 0 spiro atoms. The number of aryl methyl sites for hydroxylation is 1. The smallest absolute Gasteiger partial charge is 0.255 e. The van der Waals surface area contributed by atoms with E-state index >= 15 is 0 Å². The SMILES string of the molecule is CCOc1ccccc1-c1nc(N)nc(C)c1C(=O)NC. The molecule has 1 aromatic carbocycles. The molecule has 2 aromatic rings. The Balaban J connectivity index is 2.71. The molecule has 0 bridgehead atoms. The number of hydrogen-bond donors (Lipinski definition) is 2. The second-order valence-corrected chi connectivity index (χ2v) is 4.40. The van der Waals surface area contributed by atoms with E-state index in [4.69, 9.17) is 10.5 Å². The number of carbonyl (C=O) groups excluding carboxylic acids is 1. The summed E-state index contributed by atoms with van der Waals surface area (Å²) in [6, 6.07) is 7.41. The number of carbonyl (C=O) groups is 1. The van der Waals surface area contributed by atoms with Crippen LogP contribution in [-0.4, -0.2) is 29.5 Å². The lowest BCUT2D eigenvalue weighted by Gasteiger charge is -2.14. The maximum absolute atomic E-state index is 12.1. The Morgan fingerprint density at radius 2 is 2.05 bits per heavy atom. The molecule has 0 saturated heterocycles. The van der Waals surface area contributed by atoms with E-state index in [9.17, 15) is 4.79 Å². The largest absolute Gasteiger partial charge is 0.493 e. The molecule has 110 valence electrons. The van der Waals surface area contributed by atoms with Crippen LogP contribution in [0, 0.1) is 6.92 Å². The number of rotatable bonds is 4. The Morgan fingerprint density at radius 3 is 2.71 bits per heavy atom. The number of anilines is 1. The zero-order chi connectivity index (χ0) is 15.4. The van der Waals surface area contributed by atoms with Gasteiger partial charge in [-0.05, 0) is 26.0 Å². The molecule has 1 aromatic heterocycles. The van der Waals surface area contributed by atoms with Crippen molar-refractivity contribution >= 4 is 11.9 Å². The number of aromatic nitrogens is 2. The fourth-order valence-corrected chi connectivity index (χ4v) is 2.13. The van der Waals surface area contributed by atoms with E-state index in [1.54, 1.807) is 14.0 Å².